The van der Waals surface area contributed by atoms with Gasteiger partial charge in [-0.15, -0.1) is 0 Å². The number of pyridine rings is 1. The lowest BCUT2D eigenvalue weighted by atomic mass is 10.1. The van der Waals surface area contributed by atoms with Crippen molar-refractivity contribution >= 4 is 40.3 Å². The van der Waals surface area contributed by atoms with Crippen LogP contribution in [0.15, 0.2) is 59.7 Å². The minimum atomic E-state index is -4.67. The number of carbonyl (C=O) groups excluding carboxylic acids is 1. The molecule has 0 saturated carbocycles. The lowest BCUT2D eigenvalue weighted by molar-refractivity contribution is -0.136. The fraction of sp³-hybridized carbons (Fsp3) is 0.0909. The van der Waals surface area contributed by atoms with Gasteiger partial charge >= 0.3 is 18.2 Å². The second kappa shape index (κ2) is 9.14. The summed E-state index contributed by atoms with van der Waals surface area (Å²) in [7, 11) is 0. The van der Waals surface area contributed by atoms with Crippen molar-refractivity contribution in [1.82, 2.24) is 14.5 Å². The van der Waals surface area contributed by atoms with Gasteiger partial charge in [0.25, 0.3) is 5.56 Å². The van der Waals surface area contributed by atoms with Crippen LogP contribution in [0.25, 0.3) is 16.6 Å². The van der Waals surface area contributed by atoms with Crippen LogP contribution in [0.3, 0.4) is 0 Å². The first-order valence-electron chi connectivity index (χ1n) is 9.77. The third kappa shape index (κ3) is 4.96. The minimum Gasteiger partial charge on any atom is -0.477 e. The summed E-state index contributed by atoms with van der Waals surface area (Å²) in [6, 6.07) is 8.56. The molecular formula is C22H14ClF3N4O5. The Morgan fingerprint density at radius 3 is 2.66 bits per heavy atom. The zero-order chi connectivity index (χ0) is 25.3. The summed E-state index contributed by atoms with van der Waals surface area (Å²) in [6.07, 6.45) is -2.93. The van der Waals surface area contributed by atoms with Crippen LogP contribution in [0.5, 0.6) is 0 Å². The molecule has 0 aliphatic carbocycles. The molecule has 4 rings (SSSR count). The summed E-state index contributed by atoms with van der Waals surface area (Å²) in [6.45, 7) is -0.423. The quantitative estimate of drug-likeness (QED) is 0.356. The lowest BCUT2D eigenvalue weighted by Crippen LogP contribution is -2.18. The molecule has 2 heterocycles. The summed E-state index contributed by atoms with van der Waals surface area (Å²) < 4.78 is 45.8. The van der Waals surface area contributed by atoms with E-state index in [9.17, 15) is 32.7 Å². The molecule has 4 aromatic rings. The van der Waals surface area contributed by atoms with E-state index in [0.717, 1.165) is 12.1 Å². The fourth-order valence-electron chi connectivity index (χ4n) is 3.34. The van der Waals surface area contributed by atoms with Crippen molar-refractivity contribution in [3.8, 4) is 5.69 Å². The van der Waals surface area contributed by atoms with Crippen LogP contribution in [0.2, 0.25) is 5.02 Å². The average molecular weight is 507 g/mol. The Labute approximate surface area is 198 Å². The predicted molar refractivity (Wildman–Crippen MR) is 119 cm³/mol. The lowest BCUT2D eigenvalue weighted by Gasteiger charge is -2.14. The maximum atomic E-state index is 13.1. The van der Waals surface area contributed by atoms with E-state index >= 15 is 0 Å². The molecule has 0 bridgehead atoms. The van der Waals surface area contributed by atoms with Crippen LogP contribution < -0.4 is 10.9 Å². The van der Waals surface area contributed by atoms with E-state index in [4.69, 9.17) is 16.3 Å². The molecule has 0 saturated heterocycles. The molecular weight excluding hydrogens is 493 g/mol. The Morgan fingerprint density at radius 1 is 1.20 bits per heavy atom. The minimum absolute atomic E-state index is 0.166. The summed E-state index contributed by atoms with van der Waals surface area (Å²) in [4.78, 5) is 41.9. The van der Waals surface area contributed by atoms with Crippen molar-refractivity contribution in [2.24, 2.45) is 0 Å². The van der Waals surface area contributed by atoms with Crippen LogP contribution in [-0.4, -0.2) is 31.7 Å². The van der Waals surface area contributed by atoms with Crippen LogP contribution in [0.1, 0.15) is 21.7 Å². The van der Waals surface area contributed by atoms with Gasteiger partial charge in [0.15, 0.2) is 12.4 Å². The number of rotatable bonds is 5. The number of aromatic amines is 1. The topological polar surface area (TPSA) is 126 Å². The number of carbonyl (C=O) groups is 2. The number of anilines is 1. The number of carboxylic acids is 1. The van der Waals surface area contributed by atoms with Crippen LogP contribution >= 0.6 is 11.6 Å². The van der Waals surface area contributed by atoms with Gasteiger partial charge < -0.3 is 14.8 Å². The maximum Gasteiger partial charge on any atom is 0.418 e. The summed E-state index contributed by atoms with van der Waals surface area (Å²) in [5.74, 6) is -1.23. The first-order valence-corrected chi connectivity index (χ1v) is 10.1. The molecule has 0 spiro atoms. The van der Waals surface area contributed by atoms with Crippen molar-refractivity contribution < 1.29 is 32.6 Å². The molecule has 0 fully saturated rings. The van der Waals surface area contributed by atoms with Crippen molar-refractivity contribution in [1.29, 1.82) is 0 Å². The number of amides is 1. The predicted octanol–water partition coefficient (Wildman–Crippen LogP) is 4.83. The third-order valence-electron chi connectivity index (χ3n) is 4.92. The molecule has 1 amide bonds. The van der Waals surface area contributed by atoms with E-state index in [2.05, 4.69) is 15.3 Å². The molecule has 2 aromatic heterocycles. The van der Waals surface area contributed by atoms with Crippen LogP contribution in [0.4, 0.5) is 23.7 Å². The second-order valence-corrected chi connectivity index (χ2v) is 7.57. The SMILES string of the molecule is O=C(Nc1ccccc1C(F)(F)F)OCc1nccn1-c1cc2cc(C(=O)O)c(=O)[nH]c2cc1Cl. The number of para-hydroxylation sites is 1. The summed E-state index contributed by atoms with van der Waals surface area (Å²) in [5.41, 5.74) is -2.11. The van der Waals surface area contributed by atoms with Crippen molar-refractivity contribution in [3.63, 3.8) is 0 Å². The van der Waals surface area contributed by atoms with E-state index in [1.54, 1.807) is 0 Å². The molecule has 0 aliphatic rings. The molecule has 180 valence electrons. The number of hydrogen-bond acceptors (Lipinski definition) is 5. The maximum absolute atomic E-state index is 13.1. The number of aromatic nitrogens is 3. The molecule has 2 aromatic carbocycles. The number of nitrogens with one attached hydrogen (secondary N) is 2. The number of carboxylic acid groups (broad SMARTS) is 1. The number of fused-ring (bicyclic) bond motifs is 1. The molecule has 13 heteroatoms. The second-order valence-electron chi connectivity index (χ2n) is 7.17. The molecule has 0 radical (unpaired) electrons. The van der Waals surface area contributed by atoms with Crippen LogP contribution in [0, 0.1) is 0 Å². The van der Waals surface area contributed by atoms with Gasteiger partial charge in [-0.3, -0.25) is 14.7 Å². The zero-order valence-corrected chi connectivity index (χ0v) is 18.1. The Morgan fingerprint density at radius 2 is 1.94 bits per heavy atom. The number of imidazole rings is 1. The Balaban J connectivity index is 1.57. The standard InChI is InChI=1S/C22H14ClF3N4O5/c23-14-9-16-11(7-12(20(32)33)19(31)28-16)8-17(14)30-6-5-27-18(30)10-35-21(34)29-15-4-2-1-3-13(15)22(24,25)26/h1-9H,10H2,(H,28,31)(H,29,34)(H,32,33). The normalized spacial score (nSPS) is 11.4. The highest BCUT2D eigenvalue weighted by Crippen LogP contribution is 2.34. The van der Waals surface area contributed by atoms with Gasteiger partial charge in [-0.1, -0.05) is 23.7 Å². The highest BCUT2D eigenvalue weighted by molar-refractivity contribution is 6.33. The monoisotopic (exact) mass is 506 g/mol. The molecule has 35 heavy (non-hydrogen) atoms. The molecule has 0 atom stereocenters. The largest absolute Gasteiger partial charge is 0.477 e. The number of ether oxygens (including phenoxy) is 1. The number of alkyl halides is 3. The van der Waals surface area contributed by atoms with Gasteiger partial charge in [-0.25, -0.2) is 14.6 Å². The van der Waals surface area contributed by atoms with Gasteiger partial charge in [-0.05, 0) is 30.3 Å². The summed E-state index contributed by atoms with van der Waals surface area (Å²) in [5, 5.41) is 11.8. The van der Waals surface area contributed by atoms with Gasteiger partial charge in [0.1, 0.15) is 5.56 Å². The van der Waals surface area contributed by atoms with Gasteiger partial charge in [0.2, 0.25) is 0 Å². The van der Waals surface area contributed by atoms with Gasteiger partial charge in [0, 0.05) is 23.3 Å². The summed E-state index contributed by atoms with van der Waals surface area (Å²) >= 11 is 6.34. The Hall–Kier alpha value is -4.32. The molecule has 0 aliphatic heterocycles. The average Bonchev–Trinajstić information content (AvgIpc) is 3.24. The van der Waals surface area contributed by atoms with E-state index in [1.807, 2.05) is 0 Å². The first-order chi connectivity index (χ1) is 16.5. The molecule has 0 unspecified atom stereocenters. The zero-order valence-electron chi connectivity index (χ0n) is 17.4. The van der Waals surface area contributed by atoms with Crippen molar-refractivity contribution in [3.05, 3.63) is 87.2 Å². The fourth-order valence-corrected chi connectivity index (χ4v) is 3.59. The number of benzene rings is 2. The first kappa shape index (κ1) is 23.8. The number of aromatic carboxylic acids is 1. The third-order valence-corrected chi connectivity index (χ3v) is 5.22. The molecule has 9 nitrogen and oxygen atoms in total. The van der Waals surface area contributed by atoms with Gasteiger partial charge in [0.05, 0.1) is 22.0 Å². The van der Waals surface area contributed by atoms with E-state index in [0.29, 0.717) is 16.6 Å². The number of nitrogens with zero attached hydrogens (tertiary/aromatic N) is 2. The highest BCUT2D eigenvalue weighted by Gasteiger charge is 2.33. The van der Waals surface area contributed by atoms with E-state index < -0.39 is 47.2 Å². The number of hydrogen-bond donors (Lipinski definition) is 3. The highest BCUT2D eigenvalue weighted by atomic mass is 35.5. The van der Waals surface area contributed by atoms with Crippen LogP contribution in [-0.2, 0) is 17.5 Å². The van der Waals surface area contributed by atoms with Crippen molar-refractivity contribution in [2.45, 2.75) is 12.8 Å². The number of H-pyrrole nitrogens is 1. The Kier molecular flexibility index (Phi) is 6.22. The van der Waals surface area contributed by atoms with Crippen molar-refractivity contribution in [2.75, 3.05) is 5.32 Å². The van der Waals surface area contributed by atoms with E-state index in [-0.39, 0.29) is 10.8 Å². The smallest absolute Gasteiger partial charge is 0.418 e. The molecule has 3 N–H and O–H groups in total. The van der Waals surface area contributed by atoms with E-state index in [1.165, 1.54) is 47.3 Å². The number of halogens is 4. The van der Waals surface area contributed by atoms with Gasteiger partial charge in [-0.2, -0.15) is 13.2 Å². The Bertz CT molecular complexity index is 1510.